The number of nitrogens with zero attached hydrogens (tertiary/aromatic N) is 4. The van der Waals surface area contributed by atoms with E-state index in [2.05, 4.69) is 51.1 Å². The summed E-state index contributed by atoms with van der Waals surface area (Å²) in [5.74, 6) is 2.63. The predicted molar refractivity (Wildman–Crippen MR) is 118 cm³/mol. The van der Waals surface area contributed by atoms with E-state index in [1.54, 1.807) is 27.4 Å². The van der Waals surface area contributed by atoms with Gasteiger partial charge in [0.2, 0.25) is 17.5 Å². The summed E-state index contributed by atoms with van der Waals surface area (Å²) in [5.41, 5.74) is 1.95. The van der Waals surface area contributed by atoms with E-state index in [-0.39, 0.29) is 0 Å². The van der Waals surface area contributed by atoms with Gasteiger partial charge in [-0.1, -0.05) is 23.4 Å². The minimum atomic E-state index is 0.361. The molecule has 1 aromatic heterocycles. The fourth-order valence-electron chi connectivity index (χ4n) is 3.98. The quantitative estimate of drug-likeness (QED) is 0.571. The molecule has 0 radical (unpaired) electrons. The third kappa shape index (κ3) is 4.29. The molecule has 0 aliphatic carbocycles. The first-order valence-electron chi connectivity index (χ1n) is 10.3. The van der Waals surface area contributed by atoms with Crippen LogP contribution in [-0.4, -0.2) is 62.0 Å². The molecule has 2 aromatic carbocycles. The number of anilines is 1. The first kappa shape index (κ1) is 21.0. The molecule has 8 nitrogen and oxygen atoms in total. The summed E-state index contributed by atoms with van der Waals surface area (Å²) < 4.78 is 21.9. The maximum atomic E-state index is 5.57. The lowest BCUT2D eigenvalue weighted by molar-refractivity contribution is 0.159. The van der Waals surface area contributed by atoms with Crippen molar-refractivity contribution in [3.8, 4) is 28.6 Å². The number of methoxy groups -OCH3 is 3. The van der Waals surface area contributed by atoms with Crippen molar-refractivity contribution >= 4 is 5.69 Å². The molecule has 1 aliphatic rings. The van der Waals surface area contributed by atoms with Crippen molar-refractivity contribution in [3.63, 3.8) is 0 Å². The number of rotatable bonds is 7. The lowest BCUT2D eigenvalue weighted by atomic mass is 10.1. The van der Waals surface area contributed by atoms with Gasteiger partial charge in [0.1, 0.15) is 0 Å². The summed E-state index contributed by atoms with van der Waals surface area (Å²) in [6.07, 6.45) is 0. The highest BCUT2D eigenvalue weighted by Gasteiger charge is 2.26. The molecule has 31 heavy (non-hydrogen) atoms. The van der Waals surface area contributed by atoms with Crippen LogP contribution in [0.15, 0.2) is 47.0 Å². The van der Waals surface area contributed by atoms with Gasteiger partial charge in [0.15, 0.2) is 11.5 Å². The molecular formula is C23H28N4O4. The maximum absolute atomic E-state index is 5.57. The van der Waals surface area contributed by atoms with Crippen LogP contribution in [0.3, 0.4) is 0 Å². The molecule has 2 heterocycles. The molecule has 0 amide bonds. The van der Waals surface area contributed by atoms with Crippen LogP contribution >= 0.6 is 0 Å². The Bertz CT molecular complexity index is 1010. The van der Waals surface area contributed by atoms with Crippen molar-refractivity contribution in [2.75, 3.05) is 45.9 Å². The van der Waals surface area contributed by atoms with Gasteiger partial charge in [-0.3, -0.25) is 4.90 Å². The molecule has 1 aliphatic heterocycles. The number of ether oxygens (including phenoxy) is 3. The number of piperazine rings is 1. The first-order chi connectivity index (χ1) is 15.1. The zero-order valence-corrected chi connectivity index (χ0v) is 18.4. The average Bonchev–Trinajstić information content (AvgIpc) is 3.28. The Hall–Kier alpha value is -3.26. The molecule has 0 bridgehead atoms. The van der Waals surface area contributed by atoms with Crippen molar-refractivity contribution < 1.29 is 18.7 Å². The minimum Gasteiger partial charge on any atom is -0.493 e. The SMILES string of the molecule is COc1ccc(-c2noc(CN3CCN(c4ccccc4)C[C@@H]3C)n2)c(OC)c1OC. The Labute approximate surface area is 182 Å². The molecule has 4 rings (SSSR count). The van der Waals surface area contributed by atoms with E-state index < -0.39 is 0 Å². The number of hydrogen-bond donors (Lipinski definition) is 0. The van der Waals surface area contributed by atoms with E-state index in [9.17, 15) is 0 Å². The standard InChI is InChI=1S/C23H28N4O4/c1-16-14-27(17-8-6-5-7-9-17)13-12-26(16)15-20-24-23(25-31-20)18-10-11-19(28-2)22(30-4)21(18)29-3/h5-11,16H,12-15H2,1-4H3/t16-/m0/s1. The summed E-state index contributed by atoms with van der Waals surface area (Å²) in [7, 11) is 4.74. The van der Waals surface area contributed by atoms with Crippen LogP contribution in [0.1, 0.15) is 12.8 Å². The van der Waals surface area contributed by atoms with E-state index in [4.69, 9.17) is 18.7 Å². The zero-order valence-electron chi connectivity index (χ0n) is 18.4. The number of para-hydroxylation sites is 1. The van der Waals surface area contributed by atoms with Crippen molar-refractivity contribution in [2.45, 2.75) is 19.5 Å². The lowest BCUT2D eigenvalue weighted by Crippen LogP contribution is -2.51. The Balaban J connectivity index is 1.48. The van der Waals surface area contributed by atoms with Gasteiger partial charge in [0.05, 0.1) is 33.4 Å². The van der Waals surface area contributed by atoms with Gasteiger partial charge in [-0.15, -0.1) is 0 Å². The fraction of sp³-hybridized carbons (Fsp3) is 0.391. The average molecular weight is 425 g/mol. The number of aromatic nitrogens is 2. The van der Waals surface area contributed by atoms with Gasteiger partial charge in [0, 0.05) is 31.4 Å². The molecule has 0 saturated carbocycles. The Kier molecular flexibility index (Phi) is 6.27. The van der Waals surface area contributed by atoms with Gasteiger partial charge >= 0.3 is 0 Å². The highest BCUT2D eigenvalue weighted by atomic mass is 16.5. The van der Waals surface area contributed by atoms with E-state index in [1.807, 2.05) is 12.1 Å². The Morgan fingerprint density at radius 3 is 2.42 bits per heavy atom. The van der Waals surface area contributed by atoms with E-state index in [0.717, 1.165) is 19.6 Å². The summed E-state index contributed by atoms with van der Waals surface area (Å²) in [5, 5.41) is 4.18. The highest BCUT2D eigenvalue weighted by molar-refractivity contribution is 5.72. The fourth-order valence-corrected chi connectivity index (χ4v) is 3.98. The predicted octanol–water partition coefficient (Wildman–Crippen LogP) is 3.47. The second-order valence-corrected chi connectivity index (χ2v) is 7.49. The van der Waals surface area contributed by atoms with Crippen LogP contribution in [-0.2, 0) is 6.54 Å². The summed E-state index contributed by atoms with van der Waals surface area (Å²) >= 11 is 0. The maximum Gasteiger partial charge on any atom is 0.241 e. The van der Waals surface area contributed by atoms with Crippen molar-refractivity contribution in [2.24, 2.45) is 0 Å². The molecule has 0 unspecified atom stereocenters. The van der Waals surface area contributed by atoms with Crippen LogP contribution in [0.25, 0.3) is 11.4 Å². The van der Waals surface area contributed by atoms with Crippen LogP contribution in [0.5, 0.6) is 17.2 Å². The second kappa shape index (κ2) is 9.26. The summed E-state index contributed by atoms with van der Waals surface area (Å²) in [4.78, 5) is 9.39. The molecular weight excluding hydrogens is 396 g/mol. The highest BCUT2D eigenvalue weighted by Crippen LogP contribution is 2.43. The van der Waals surface area contributed by atoms with Gasteiger partial charge in [-0.25, -0.2) is 0 Å². The topological polar surface area (TPSA) is 73.1 Å². The molecule has 1 atom stereocenters. The number of benzene rings is 2. The monoisotopic (exact) mass is 424 g/mol. The smallest absolute Gasteiger partial charge is 0.241 e. The largest absolute Gasteiger partial charge is 0.493 e. The molecule has 0 N–H and O–H groups in total. The van der Waals surface area contributed by atoms with Crippen LogP contribution < -0.4 is 19.1 Å². The minimum absolute atomic E-state index is 0.361. The van der Waals surface area contributed by atoms with Crippen LogP contribution in [0, 0.1) is 0 Å². The lowest BCUT2D eigenvalue weighted by Gasteiger charge is -2.40. The summed E-state index contributed by atoms with van der Waals surface area (Å²) in [6, 6.07) is 14.5. The third-order valence-corrected chi connectivity index (χ3v) is 5.64. The zero-order chi connectivity index (χ0) is 21.8. The molecule has 8 heteroatoms. The molecule has 1 fully saturated rings. The first-order valence-corrected chi connectivity index (χ1v) is 10.3. The van der Waals surface area contributed by atoms with E-state index in [0.29, 0.717) is 47.1 Å². The van der Waals surface area contributed by atoms with Gasteiger partial charge in [-0.05, 0) is 31.2 Å². The van der Waals surface area contributed by atoms with Crippen molar-refractivity contribution in [1.82, 2.24) is 15.0 Å². The van der Waals surface area contributed by atoms with Crippen LogP contribution in [0.4, 0.5) is 5.69 Å². The van der Waals surface area contributed by atoms with Gasteiger partial charge in [0.25, 0.3) is 0 Å². The Morgan fingerprint density at radius 1 is 0.968 bits per heavy atom. The number of hydrogen-bond acceptors (Lipinski definition) is 8. The second-order valence-electron chi connectivity index (χ2n) is 7.49. The van der Waals surface area contributed by atoms with E-state index in [1.165, 1.54) is 5.69 Å². The molecule has 0 spiro atoms. The van der Waals surface area contributed by atoms with Gasteiger partial charge in [-0.2, -0.15) is 4.98 Å². The molecule has 3 aromatic rings. The Morgan fingerprint density at radius 2 is 1.74 bits per heavy atom. The van der Waals surface area contributed by atoms with Crippen molar-refractivity contribution in [3.05, 3.63) is 48.4 Å². The van der Waals surface area contributed by atoms with E-state index >= 15 is 0 Å². The van der Waals surface area contributed by atoms with Crippen molar-refractivity contribution in [1.29, 1.82) is 0 Å². The molecule has 164 valence electrons. The summed E-state index contributed by atoms with van der Waals surface area (Å²) in [6.45, 7) is 5.66. The van der Waals surface area contributed by atoms with Gasteiger partial charge < -0.3 is 23.6 Å². The molecule has 1 saturated heterocycles. The third-order valence-electron chi connectivity index (χ3n) is 5.64. The normalized spacial score (nSPS) is 16.9. The van der Waals surface area contributed by atoms with Crippen LogP contribution in [0.2, 0.25) is 0 Å².